The zero-order chi connectivity index (χ0) is 62.9. The molecule has 0 N–H and O–H groups in total. The van der Waals surface area contributed by atoms with Gasteiger partial charge in [-0.3, -0.25) is 0 Å². The van der Waals surface area contributed by atoms with Gasteiger partial charge in [-0.05, 0) is 0 Å². The number of hydrogen-bond acceptors (Lipinski definition) is 20. The third-order valence-corrected chi connectivity index (χ3v) is 1.85. The van der Waals surface area contributed by atoms with E-state index in [1.165, 1.54) is 0 Å². The van der Waals surface area contributed by atoms with E-state index in [0.29, 0.717) is 0 Å². The summed E-state index contributed by atoms with van der Waals surface area (Å²) in [5, 5.41) is 70.3. The zero-order valence-electron chi connectivity index (χ0n) is 36.2. The molecule has 468 valence electrons. The minimum Gasteiger partial charge on any atom is -0.542 e. The maximum absolute atomic E-state index is 10.5. The van der Waals surface area contributed by atoms with Crippen molar-refractivity contribution in [3.63, 3.8) is 0 Å². The third kappa shape index (κ3) is 172. The van der Waals surface area contributed by atoms with Crippen LogP contribution in [0.3, 0.4) is 0 Å². The van der Waals surface area contributed by atoms with Crippen molar-refractivity contribution in [3.8, 4) is 0 Å². The number of halogens is 24. The molecule has 20 nitrogen and oxygen atoms in total. The Morgan fingerprint density at radius 2 is 0.224 bits per heavy atom. The van der Waals surface area contributed by atoms with Crippen LogP contribution in [0.5, 0.6) is 0 Å². The number of carboxylic acid groups (broad SMARTS) is 8. The fraction of sp³-hybridized carbons (Fsp3) is 0.667. The average molecular weight is 1820 g/mol. The molecule has 0 atom stereocenters. The summed E-state index contributed by atoms with van der Waals surface area (Å²) in [5.41, 5.74) is 0. The number of hydrogen-bond donors (Lipinski definition) is 0. The molecule has 0 rings (SSSR count). The van der Waals surface area contributed by atoms with Crippen LogP contribution < -0.4 is 40.9 Å². The fourth-order valence-electron chi connectivity index (χ4n) is 0. The summed E-state index contributed by atoms with van der Waals surface area (Å²) < 4.78 is 291. The minimum absolute atomic E-state index is 0. The van der Waals surface area contributed by atoms with E-state index in [9.17, 15) is 121 Å². The van der Waals surface area contributed by atoms with Gasteiger partial charge in [-0.2, -0.15) is 105 Å². The van der Waals surface area contributed by atoms with Gasteiger partial charge in [0.05, 0.1) is 0 Å². The van der Waals surface area contributed by atoms with E-state index >= 15 is 0 Å². The average Bonchev–Trinajstić information content (AvgIpc) is 3.02. The van der Waals surface area contributed by atoms with Crippen molar-refractivity contribution in [1.82, 2.24) is 0 Å². The van der Waals surface area contributed by atoms with Crippen molar-refractivity contribution in [2.24, 2.45) is 0 Å². The number of rotatable bonds is 0. The molecule has 0 amide bonds. The van der Waals surface area contributed by atoms with Gasteiger partial charge in [-0.15, -0.1) is 0 Å². The van der Waals surface area contributed by atoms with Crippen molar-refractivity contribution in [2.45, 2.75) is 96.0 Å². The Balaban J connectivity index is -0.0000000370. The maximum Gasteiger partial charge on any atom is 2.00 e. The largest absolute Gasteiger partial charge is 2.00 e. The normalized spacial score (nSPS) is 10.2. The van der Waals surface area contributed by atoms with Gasteiger partial charge in [0.1, 0.15) is 47.8 Å². The summed E-state index contributed by atoms with van der Waals surface area (Å²) in [6.45, 7) is 0. The molecule has 4 radical (unpaired) electrons. The first-order valence-electron chi connectivity index (χ1n) is 13.7. The zero-order valence-corrected chi connectivity index (χ0v) is 49.6. The Labute approximate surface area is 473 Å². The smallest absolute Gasteiger partial charge is 0.542 e. The molecule has 0 fully saturated rings. The molecule has 0 aliphatic heterocycles. The summed E-state index contributed by atoms with van der Waals surface area (Å²) in [5.74, 6) is -10.2. The van der Waals surface area contributed by atoms with Gasteiger partial charge in [0, 0.05) is 0 Å². The van der Waals surface area contributed by atoms with Crippen LogP contribution in [-0.2, 0) is 132 Å². The molecule has 0 aromatic carbocycles. The molecule has 0 aliphatic rings. The summed E-state index contributed by atoms with van der Waals surface area (Å²) in [6, 6.07) is 0. The van der Waals surface area contributed by atoms with E-state index in [1.54, 1.807) is 46.6 Å². The number of carbonyl (C=O) groups excluding carboxylic acids is 8. The van der Waals surface area contributed by atoms with Crippen molar-refractivity contribution in [1.29, 1.82) is 0 Å². The van der Waals surface area contributed by atoms with E-state index < -0.39 is 152 Å². The van der Waals surface area contributed by atoms with Crippen LogP contribution in [0.15, 0.2) is 0 Å². The summed E-state index contributed by atoms with van der Waals surface area (Å²) in [7, 11) is 0. The van der Waals surface area contributed by atoms with Crippen LogP contribution in [0, 0.1) is 0 Å². The molecule has 0 aliphatic carbocycles. The van der Waals surface area contributed by atoms with E-state index in [4.69, 9.17) is 79.2 Å². The van der Waals surface area contributed by atoms with Crippen LogP contribution in [0.4, 0.5) is 105 Å². The number of alkyl halides is 24. The van der Waals surface area contributed by atoms with Crippen LogP contribution in [-0.4, -0.2) is 152 Å². The Hall–Kier alpha value is -2.15. The first kappa shape index (κ1) is 117. The van der Waals surface area contributed by atoms with Gasteiger partial charge in [-0.1, -0.05) is 0 Å². The summed E-state index contributed by atoms with van der Waals surface area (Å²) >= 11 is -5.17. The predicted molar refractivity (Wildman–Crippen MR) is 161 cm³/mol. The molecule has 76 heavy (non-hydrogen) atoms. The van der Waals surface area contributed by atoms with Gasteiger partial charge < -0.3 is 79.2 Å². The number of aliphatic carboxylic acids is 8. The van der Waals surface area contributed by atoms with Crippen LogP contribution in [0.1, 0.15) is 0 Å². The molecule has 0 aromatic heterocycles. The second kappa shape index (κ2) is 56.1. The fourth-order valence-corrected chi connectivity index (χ4v) is 0. The first-order valence-corrected chi connectivity index (χ1v) is 30.2. The third-order valence-electron chi connectivity index (χ3n) is 1.85. The second-order valence-electron chi connectivity index (χ2n) is 9.25. The van der Waals surface area contributed by atoms with Crippen LogP contribution in [0.2, 0.25) is 46.6 Å². The predicted octanol–water partition coefficient (Wildman–Crippen LogP) is -2.95. The molecular formula is C24H24F24O20Rh4Se4. The topological polar surface area (TPSA) is 389 Å². The van der Waals surface area contributed by atoms with E-state index in [0.717, 1.165) is 0 Å². The Kier molecular flexibility index (Phi) is 86.5. The summed E-state index contributed by atoms with van der Waals surface area (Å²) in [6.07, 6.45) is -41.6. The number of carbonyl (C=O) groups is 8. The van der Waals surface area contributed by atoms with E-state index in [-0.39, 0.29) is 77.9 Å². The molecule has 0 saturated carbocycles. The Morgan fingerprint density at radius 3 is 0.224 bits per heavy atom. The maximum atomic E-state index is 10.5. The van der Waals surface area contributed by atoms with Crippen molar-refractivity contribution >= 4 is 103 Å². The molecule has 0 heterocycles. The molecule has 0 saturated heterocycles. The monoisotopic (exact) mass is 1820 g/mol. The van der Waals surface area contributed by atoms with Gasteiger partial charge in [0.15, 0.2) is 0 Å². The SMILES string of the molecule is C[Se](C)=O.C[Se](C)=O.C[Se](C)=O.C[Se](C)=O.O=C([O-])C(F)(F)F.O=C([O-])C(F)(F)F.O=C([O-])C(F)(F)F.O=C([O-])C(F)(F)F.O=C([O-])C(F)(F)F.O=C([O-])C(F)(F)F.O=C([O-])C(F)(F)F.O=C([O-])C(F)(F)F.[Rh+2].[Rh+2].[Rh+2].[Rh+2]. The van der Waals surface area contributed by atoms with Crippen LogP contribution in [0.25, 0.3) is 0 Å². The molecule has 0 aromatic rings. The Morgan fingerprint density at radius 1 is 0.211 bits per heavy atom. The van der Waals surface area contributed by atoms with E-state index in [2.05, 4.69) is 0 Å². The van der Waals surface area contributed by atoms with Crippen molar-refractivity contribution in [2.75, 3.05) is 0 Å². The van der Waals surface area contributed by atoms with Gasteiger partial charge in [0.2, 0.25) is 0 Å². The first-order chi connectivity index (χ1) is 30.5. The molecular weight excluding hydrogens is 1790 g/mol. The van der Waals surface area contributed by atoms with Gasteiger partial charge >= 0.3 is 245 Å². The minimum atomic E-state index is -5.19. The van der Waals surface area contributed by atoms with Crippen LogP contribution >= 0.6 is 0 Å². The molecule has 0 bridgehead atoms. The van der Waals surface area contributed by atoms with Crippen molar-refractivity contribution < 1.29 is 278 Å². The molecule has 0 spiro atoms. The van der Waals surface area contributed by atoms with E-state index in [1.807, 2.05) is 0 Å². The van der Waals surface area contributed by atoms with Gasteiger partial charge in [0.25, 0.3) is 0 Å². The van der Waals surface area contributed by atoms with Gasteiger partial charge in [-0.25, -0.2) is 0 Å². The van der Waals surface area contributed by atoms with Crippen molar-refractivity contribution in [3.05, 3.63) is 0 Å². The molecule has 52 heteroatoms. The number of carboxylic acids is 8. The summed E-state index contributed by atoms with van der Waals surface area (Å²) in [4.78, 5) is 70.3. The Bertz CT molecular complexity index is 1330. The second-order valence-corrected chi connectivity index (χ2v) is 21.7. The molecule has 0 unspecified atom stereocenters. The standard InChI is InChI=1S/8C2HF3O2.4C2H6OSe.4Rh/c8*3-2(4,5)1(6)7;4*1-4(2)3;;;;/h8*(H,6,7);4*1-2H3;;;;/q;;;;;;;;;;;;4*+2/p-8. The quantitative estimate of drug-likeness (QED) is 0.173.